The van der Waals surface area contributed by atoms with Crippen LogP contribution >= 0.6 is 24.0 Å². The molecule has 0 bridgehead atoms. The number of guanidine groups is 1. The van der Waals surface area contributed by atoms with Gasteiger partial charge in [0.1, 0.15) is 0 Å². The lowest BCUT2D eigenvalue weighted by Gasteiger charge is -2.22. The van der Waals surface area contributed by atoms with Gasteiger partial charge in [-0.3, -0.25) is 4.99 Å². The fraction of sp³-hybridized carbons (Fsp3) is 0.667. The van der Waals surface area contributed by atoms with Crippen LogP contribution < -0.4 is 5.32 Å². The van der Waals surface area contributed by atoms with Crippen LogP contribution in [0.25, 0.3) is 0 Å². The molecule has 0 radical (unpaired) electrons. The summed E-state index contributed by atoms with van der Waals surface area (Å²) in [5.41, 5.74) is 2.58. The first-order valence-electron chi connectivity index (χ1n) is 9.89. The molecule has 5 nitrogen and oxygen atoms in total. The third kappa shape index (κ3) is 9.76. The van der Waals surface area contributed by atoms with E-state index in [0.29, 0.717) is 5.92 Å². The van der Waals surface area contributed by atoms with Crippen molar-refractivity contribution in [1.82, 2.24) is 10.2 Å². The van der Waals surface area contributed by atoms with Gasteiger partial charge in [0.25, 0.3) is 0 Å². The van der Waals surface area contributed by atoms with Crippen molar-refractivity contribution >= 4 is 29.9 Å². The van der Waals surface area contributed by atoms with E-state index in [4.69, 9.17) is 14.5 Å². The summed E-state index contributed by atoms with van der Waals surface area (Å²) in [7, 11) is 2.09. The SMILES string of the molecule is CCNC(=NCCCOCC1CCOCC1)N(C)Cc1ccc(C)cc1.I. The van der Waals surface area contributed by atoms with Crippen molar-refractivity contribution in [2.45, 2.75) is 39.7 Å². The first-order valence-corrected chi connectivity index (χ1v) is 9.89. The van der Waals surface area contributed by atoms with E-state index in [1.165, 1.54) is 11.1 Å². The summed E-state index contributed by atoms with van der Waals surface area (Å²) in [6.45, 7) is 10.1. The Labute approximate surface area is 181 Å². The van der Waals surface area contributed by atoms with Crippen LogP contribution in [-0.4, -0.2) is 57.4 Å². The minimum atomic E-state index is 0. The van der Waals surface area contributed by atoms with Gasteiger partial charge >= 0.3 is 0 Å². The Morgan fingerprint density at radius 2 is 1.96 bits per heavy atom. The third-order valence-electron chi connectivity index (χ3n) is 4.64. The average molecular weight is 489 g/mol. The Morgan fingerprint density at radius 3 is 2.63 bits per heavy atom. The zero-order chi connectivity index (χ0) is 18.6. The van der Waals surface area contributed by atoms with E-state index >= 15 is 0 Å². The van der Waals surface area contributed by atoms with E-state index in [2.05, 4.69) is 55.4 Å². The van der Waals surface area contributed by atoms with Crippen molar-refractivity contribution in [2.75, 3.05) is 46.6 Å². The topological polar surface area (TPSA) is 46.1 Å². The molecule has 1 aromatic carbocycles. The normalized spacial score (nSPS) is 15.3. The molecule has 0 spiro atoms. The van der Waals surface area contributed by atoms with Gasteiger partial charge in [0.05, 0.1) is 0 Å². The number of hydrogen-bond acceptors (Lipinski definition) is 3. The molecule has 1 aliphatic rings. The highest BCUT2D eigenvalue weighted by molar-refractivity contribution is 14.0. The lowest BCUT2D eigenvalue weighted by atomic mass is 10.0. The molecule has 1 aromatic rings. The molecule has 0 saturated carbocycles. The molecule has 154 valence electrons. The van der Waals surface area contributed by atoms with Gasteiger partial charge in [0.15, 0.2) is 5.96 Å². The predicted molar refractivity (Wildman–Crippen MR) is 123 cm³/mol. The van der Waals surface area contributed by atoms with Gasteiger partial charge in [-0.1, -0.05) is 29.8 Å². The van der Waals surface area contributed by atoms with Gasteiger partial charge in [-0.2, -0.15) is 0 Å². The Morgan fingerprint density at radius 1 is 1.26 bits per heavy atom. The lowest BCUT2D eigenvalue weighted by molar-refractivity contribution is 0.0205. The van der Waals surface area contributed by atoms with Crippen molar-refractivity contribution in [1.29, 1.82) is 0 Å². The van der Waals surface area contributed by atoms with Crippen molar-refractivity contribution in [3.63, 3.8) is 0 Å². The first kappa shape index (κ1) is 24.2. The highest BCUT2D eigenvalue weighted by Gasteiger charge is 2.13. The summed E-state index contributed by atoms with van der Waals surface area (Å²) in [6.07, 6.45) is 3.22. The lowest BCUT2D eigenvalue weighted by Crippen LogP contribution is -2.38. The number of ether oxygens (including phenoxy) is 2. The Kier molecular flexibility index (Phi) is 12.7. The van der Waals surface area contributed by atoms with Crippen LogP contribution in [0.15, 0.2) is 29.3 Å². The number of nitrogens with one attached hydrogen (secondary N) is 1. The van der Waals surface area contributed by atoms with Crippen LogP contribution in [0.4, 0.5) is 0 Å². The maximum atomic E-state index is 5.82. The smallest absolute Gasteiger partial charge is 0.193 e. The number of halogens is 1. The highest BCUT2D eigenvalue weighted by Crippen LogP contribution is 2.14. The van der Waals surface area contributed by atoms with Crippen LogP contribution in [-0.2, 0) is 16.0 Å². The molecule has 0 aromatic heterocycles. The van der Waals surface area contributed by atoms with Crippen molar-refractivity contribution in [2.24, 2.45) is 10.9 Å². The second kappa shape index (κ2) is 14.2. The number of aryl methyl sites for hydroxylation is 1. The molecule has 1 aliphatic heterocycles. The molecule has 1 fully saturated rings. The van der Waals surface area contributed by atoms with E-state index in [1.54, 1.807) is 0 Å². The summed E-state index contributed by atoms with van der Waals surface area (Å²) < 4.78 is 11.2. The fourth-order valence-corrected chi connectivity index (χ4v) is 3.03. The minimum Gasteiger partial charge on any atom is -0.381 e. The highest BCUT2D eigenvalue weighted by atomic mass is 127. The molecule has 0 amide bonds. The second-order valence-corrected chi connectivity index (χ2v) is 7.06. The van der Waals surface area contributed by atoms with Gasteiger partial charge < -0.3 is 19.7 Å². The van der Waals surface area contributed by atoms with Gasteiger partial charge in [-0.25, -0.2) is 0 Å². The number of rotatable bonds is 9. The average Bonchev–Trinajstić information content (AvgIpc) is 2.66. The van der Waals surface area contributed by atoms with Gasteiger partial charge in [-0.05, 0) is 44.6 Å². The molecule has 0 unspecified atom stereocenters. The van der Waals surface area contributed by atoms with E-state index in [-0.39, 0.29) is 24.0 Å². The van der Waals surface area contributed by atoms with E-state index in [0.717, 1.165) is 71.3 Å². The predicted octanol–water partition coefficient (Wildman–Crippen LogP) is 3.84. The largest absolute Gasteiger partial charge is 0.381 e. The number of benzene rings is 1. The molecule has 0 aliphatic carbocycles. The monoisotopic (exact) mass is 489 g/mol. The molecule has 1 N–H and O–H groups in total. The molecule has 1 heterocycles. The number of nitrogens with zero attached hydrogens (tertiary/aromatic N) is 2. The first-order chi connectivity index (χ1) is 12.7. The maximum absolute atomic E-state index is 5.82. The van der Waals surface area contributed by atoms with Crippen LogP contribution in [0.2, 0.25) is 0 Å². The fourth-order valence-electron chi connectivity index (χ4n) is 3.03. The molecule has 2 rings (SSSR count). The molecule has 6 heteroatoms. The van der Waals surface area contributed by atoms with Gasteiger partial charge in [-0.15, -0.1) is 24.0 Å². The molecule has 0 atom stereocenters. The van der Waals surface area contributed by atoms with Crippen molar-refractivity contribution in [3.05, 3.63) is 35.4 Å². The Balaban J connectivity index is 0.00000364. The van der Waals surface area contributed by atoms with Crippen LogP contribution in [0, 0.1) is 12.8 Å². The zero-order valence-corrected chi connectivity index (χ0v) is 19.4. The van der Waals surface area contributed by atoms with Crippen molar-refractivity contribution in [3.8, 4) is 0 Å². The van der Waals surface area contributed by atoms with Gasteiger partial charge in [0, 0.05) is 53.1 Å². The van der Waals surface area contributed by atoms with Gasteiger partial charge in [0.2, 0.25) is 0 Å². The summed E-state index contributed by atoms with van der Waals surface area (Å²) in [5.74, 6) is 1.63. The zero-order valence-electron chi connectivity index (χ0n) is 17.1. The number of hydrogen-bond donors (Lipinski definition) is 1. The van der Waals surface area contributed by atoms with Crippen molar-refractivity contribution < 1.29 is 9.47 Å². The van der Waals surface area contributed by atoms with Crippen LogP contribution in [0.5, 0.6) is 0 Å². The maximum Gasteiger partial charge on any atom is 0.193 e. The molecule has 1 saturated heterocycles. The second-order valence-electron chi connectivity index (χ2n) is 7.06. The minimum absolute atomic E-state index is 0. The molecule has 27 heavy (non-hydrogen) atoms. The summed E-state index contributed by atoms with van der Waals surface area (Å²) in [4.78, 5) is 6.92. The summed E-state index contributed by atoms with van der Waals surface area (Å²) in [5, 5.41) is 3.38. The Bertz CT molecular complexity index is 531. The van der Waals surface area contributed by atoms with E-state index in [1.807, 2.05) is 0 Å². The van der Waals surface area contributed by atoms with Crippen LogP contribution in [0.1, 0.15) is 37.3 Å². The molecular weight excluding hydrogens is 453 g/mol. The summed E-state index contributed by atoms with van der Waals surface area (Å²) in [6, 6.07) is 8.67. The standard InChI is InChI=1S/C21H35N3O2.HI/c1-4-22-21(24(3)16-19-8-6-18(2)7-9-19)23-12-5-13-26-17-20-10-14-25-15-11-20;/h6-9,20H,4-5,10-17H2,1-3H3,(H,22,23);1H. The van der Waals surface area contributed by atoms with E-state index in [9.17, 15) is 0 Å². The molecular formula is C21H36IN3O2. The summed E-state index contributed by atoms with van der Waals surface area (Å²) >= 11 is 0. The quantitative estimate of drug-likeness (QED) is 0.248. The van der Waals surface area contributed by atoms with Crippen LogP contribution in [0.3, 0.4) is 0 Å². The van der Waals surface area contributed by atoms with E-state index < -0.39 is 0 Å². The number of aliphatic imine (C=N–C) groups is 1. The third-order valence-corrected chi connectivity index (χ3v) is 4.64. The Hall–Kier alpha value is -0.860.